The fourth-order valence-corrected chi connectivity index (χ4v) is 4.02. The lowest BCUT2D eigenvalue weighted by atomic mass is 10.1. The van der Waals surface area contributed by atoms with E-state index in [1.54, 1.807) is 6.08 Å². The van der Waals surface area contributed by atoms with Crippen molar-refractivity contribution in [2.24, 2.45) is 0 Å². The van der Waals surface area contributed by atoms with Crippen molar-refractivity contribution in [2.75, 3.05) is 13.1 Å². The van der Waals surface area contributed by atoms with Crippen molar-refractivity contribution < 1.29 is 0 Å². The Morgan fingerprint density at radius 1 is 1.00 bits per heavy atom. The standard InChI is InChI=1S/C24H33N3.C4H8.C3H6/c1-5-13-26(15-11-21-8-7-12-25-17-21)18-23-20(4)27(14-6-2)24-10-9-19(3)16-22(23)24;1-3-4-2;1-3-2/h7-10,12,16-17H,5-6,11,13-15,18H2,1-4H3;3-4H,1-2H3;3H,1H2,2H3/b;4-3-;. The maximum absolute atomic E-state index is 4.26. The molecule has 0 saturated heterocycles. The van der Waals surface area contributed by atoms with Crippen molar-refractivity contribution >= 4 is 10.9 Å². The van der Waals surface area contributed by atoms with Crippen LogP contribution in [0.15, 0.2) is 67.5 Å². The monoisotopic (exact) mass is 461 g/mol. The Morgan fingerprint density at radius 3 is 2.26 bits per heavy atom. The third-order valence-electron chi connectivity index (χ3n) is 5.75. The first kappa shape index (κ1) is 29.4. The molecule has 0 spiro atoms. The Bertz CT molecular complexity index is 979. The minimum Gasteiger partial charge on any atom is -0.345 e. The van der Waals surface area contributed by atoms with Crippen molar-refractivity contribution in [3.63, 3.8) is 0 Å². The molecule has 2 heterocycles. The maximum atomic E-state index is 4.26. The Hall–Kier alpha value is -2.65. The van der Waals surface area contributed by atoms with E-state index < -0.39 is 0 Å². The molecule has 0 aliphatic carbocycles. The van der Waals surface area contributed by atoms with Gasteiger partial charge in [-0.25, -0.2) is 0 Å². The molecule has 1 aromatic carbocycles. The highest BCUT2D eigenvalue weighted by molar-refractivity contribution is 5.86. The van der Waals surface area contributed by atoms with Crippen LogP contribution in [0.2, 0.25) is 0 Å². The molecular weight excluding hydrogens is 414 g/mol. The summed E-state index contributed by atoms with van der Waals surface area (Å²) in [5, 5.41) is 1.43. The van der Waals surface area contributed by atoms with Gasteiger partial charge in [0.05, 0.1) is 0 Å². The van der Waals surface area contributed by atoms with Gasteiger partial charge >= 0.3 is 0 Å². The predicted molar refractivity (Wildman–Crippen MR) is 152 cm³/mol. The smallest absolute Gasteiger partial charge is 0.0485 e. The molecule has 2 aromatic heterocycles. The molecule has 34 heavy (non-hydrogen) atoms. The SMILES string of the molecule is C/C=C\C.C=CC.CCCN(CCc1cccnc1)Cc1c(C)n(CCC)c2ccc(C)cc12. The molecule has 3 heteroatoms. The van der Waals surface area contributed by atoms with Gasteiger partial charge in [0.1, 0.15) is 0 Å². The van der Waals surface area contributed by atoms with Gasteiger partial charge in [-0.1, -0.05) is 49.8 Å². The third kappa shape index (κ3) is 9.30. The van der Waals surface area contributed by atoms with Gasteiger partial charge in [0.2, 0.25) is 0 Å². The van der Waals surface area contributed by atoms with E-state index in [-0.39, 0.29) is 0 Å². The number of hydrogen-bond donors (Lipinski definition) is 0. The van der Waals surface area contributed by atoms with Crippen LogP contribution in [0, 0.1) is 13.8 Å². The lowest BCUT2D eigenvalue weighted by Gasteiger charge is -2.22. The lowest BCUT2D eigenvalue weighted by molar-refractivity contribution is 0.269. The van der Waals surface area contributed by atoms with Crippen molar-refractivity contribution in [2.45, 2.75) is 80.8 Å². The Kier molecular flexibility index (Phi) is 14.6. The molecule has 0 fully saturated rings. The van der Waals surface area contributed by atoms with E-state index in [4.69, 9.17) is 0 Å². The zero-order valence-corrected chi connectivity index (χ0v) is 22.8. The Morgan fingerprint density at radius 2 is 1.71 bits per heavy atom. The Labute approximate surface area is 209 Å². The minimum absolute atomic E-state index is 1.02. The molecule has 0 saturated carbocycles. The summed E-state index contributed by atoms with van der Waals surface area (Å²) in [6.45, 7) is 22.6. The molecule has 3 rings (SSSR count). The van der Waals surface area contributed by atoms with E-state index in [0.717, 1.165) is 39.0 Å². The molecule has 0 unspecified atom stereocenters. The molecule has 0 amide bonds. The van der Waals surface area contributed by atoms with Crippen molar-refractivity contribution in [3.05, 3.63) is 89.9 Å². The van der Waals surface area contributed by atoms with Crippen LogP contribution < -0.4 is 0 Å². The number of hydrogen-bond acceptors (Lipinski definition) is 2. The molecule has 0 atom stereocenters. The highest BCUT2D eigenvalue weighted by Crippen LogP contribution is 2.28. The largest absolute Gasteiger partial charge is 0.345 e. The van der Waals surface area contributed by atoms with Crippen LogP contribution in [0.5, 0.6) is 0 Å². The van der Waals surface area contributed by atoms with Crippen molar-refractivity contribution in [1.29, 1.82) is 0 Å². The summed E-state index contributed by atoms with van der Waals surface area (Å²) in [4.78, 5) is 6.86. The Balaban J connectivity index is 0.000000732. The van der Waals surface area contributed by atoms with Gasteiger partial charge in [-0.05, 0) is 89.8 Å². The molecule has 0 radical (unpaired) electrons. The molecule has 0 aliphatic heterocycles. The van der Waals surface area contributed by atoms with Crippen LogP contribution in [0.3, 0.4) is 0 Å². The lowest BCUT2D eigenvalue weighted by Crippen LogP contribution is -2.27. The van der Waals surface area contributed by atoms with E-state index in [1.165, 1.54) is 39.7 Å². The summed E-state index contributed by atoms with van der Waals surface area (Å²) in [5.41, 5.74) is 6.98. The summed E-state index contributed by atoms with van der Waals surface area (Å²) < 4.78 is 2.51. The number of benzene rings is 1. The number of aromatic nitrogens is 2. The third-order valence-corrected chi connectivity index (χ3v) is 5.75. The summed E-state index contributed by atoms with van der Waals surface area (Å²) in [6.07, 6.45) is 13.0. The topological polar surface area (TPSA) is 21.1 Å². The molecule has 3 nitrogen and oxygen atoms in total. The van der Waals surface area contributed by atoms with Crippen molar-refractivity contribution in [1.82, 2.24) is 14.5 Å². The molecular formula is C31H47N3. The van der Waals surface area contributed by atoms with E-state index in [1.807, 2.05) is 51.4 Å². The molecule has 3 aromatic rings. The minimum atomic E-state index is 1.02. The number of pyridine rings is 1. The summed E-state index contributed by atoms with van der Waals surface area (Å²) in [6, 6.07) is 11.1. The van der Waals surface area contributed by atoms with Gasteiger partial charge in [0.25, 0.3) is 0 Å². The number of aryl methyl sites for hydroxylation is 2. The van der Waals surface area contributed by atoms with E-state index >= 15 is 0 Å². The fraction of sp³-hybridized carbons (Fsp3) is 0.452. The van der Waals surface area contributed by atoms with Crippen molar-refractivity contribution in [3.8, 4) is 0 Å². The second kappa shape index (κ2) is 16.9. The highest BCUT2D eigenvalue weighted by atomic mass is 15.1. The second-order valence-electron chi connectivity index (χ2n) is 8.70. The zero-order chi connectivity index (χ0) is 25.3. The molecule has 0 aliphatic rings. The van der Waals surface area contributed by atoms with Gasteiger partial charge < -0.3 is 4.57 Å². The quantitative estimate of drug-likeness (QED) is 0.299. The van der Waals surface area contributed by atoms with E-state index in [2.05, 4.69) is 73.0 Å². The first-order valence-electron chi connectivity index (χ1n) is 12.8. The average Bonchev–Trinajstić information content (AvgIpc) is 3.09. The van der Waals surface area contributed by atoms with Crippen LogP contribution in [0.1, 0.15) is 69.8 Å². The van der Waals surface area contributed by atoms with E-state index in [9.17, 15) is 0 Å². The van der Waals surface area contributed by atoms with Gasteiger partial charge in [0, 0.05) is 48.6 Å². The van der Waals surface area contributed by atoms with Gasteiger partial charge in [-0.2, -0.15) is 0 Å². The predicted octanol–water partition coefficient (Wildman–Crippen LogP) is 8.29. The molecule has 0 bridgehead atoms. The normalized spacial score (nSPS) is 10.7. The van der Waals surface area contributed by atoms with E-state index in [0.29, 0.717) is 0 Å². The number of nitrogens with zero attached hydrogens (tertiary/aromatic N) is 3. The average molecular weight is 462 g/mol. The number of allylic oxidation sites excluding steroid dienone is 3. The maximum Gasteiger partial charge on any atom is 0.0485 e. The summed E-state index contributed by atoms with van der Waals surface area (Å²) >= 11 is 0. The van der Waals surface area contributed by atoms with Crippen LogP contribution in [0.25, 0.3) is 10.9 Å². The number of fused-ring (bicyclic) bond motifs is 1. The van der Waals surface area contributed by atoms with Crippen LogP contribution in [-0.4, -0.2) is 27.5 Å². The first-order chi connectivity index (χ1) is 16.5. The van der Waals surface area contributed by atoms with Gasteiger partial charge in [0.15, 0.2) is 0 Å². The zero-order valence-electron chi connectivity index (χ0n) is 22.8. The highest BCUT2D eigenvalue weighted by Gasteiger charge is 2.16. The number of rotatable bonds is 9. The summed E-state index contributed by atoms with van der Waals surface area (Å²) in [7, 11) is 0. The second-order valence-corrected chi connectivity index (χ2v) is 8.70. The van der Waals surface area contributed by atoms with Crippen LogP contribution >= 0.6 is 0 Å². The van der Waals surface area contributed by atoms with Crippen LogP contribution in [-0.2, 0) is 19.5 Å². The van der Waals surface area contributed by atoms with Gasteiger partial charge in [-0.3, -0.25) is 9.88 Å². The molecule has 186 valence electrons. The van der Waals surface area contributed by atoms with Gasteiger partial charge in [-0.15, -0.1) is 6.58 Å². The fourth-order valence-electron chi connectivity index (χ4n) is 4.02. The summed E-state index contributed by atoms with van der Waals surface area (Å²) in [5.74, 6) is 0. The molecule has 0 N–H and O–H groups in total. The van der Waals surface area contributed by atoms with Crippen LogP contribution in [0.4, 0.5) is 0 Å². The first-order valence-corrected chi connectivity index (χ1v) is 12.8.